The minimum Gasteiger partial charge on any atom is -0.384 e. The van der Waals surface area contributed by atoms with Crippen LogP contribution in [0.5, 0.6) is 0 Å². The molecule has 0 bridgehead atoms. The van der Waals surface area contributed by atoms with E-state index in [0.717, 1.165) is 26.2 Å². The van der Waals surface area contributed by atoms with Crippen LogP contribution in [-0.4, -0.2) is 43.3 Å². The predicted octanol–water partition coefficient (Wildman–Crippen LogP) is 2.30. The van der Waals surface area contributed by atoms with Crippen molar-refractivity contribution in [3.63, 3.8) is 0 Å². The fourth-order valence-corrected chi connectivity index (χ4v) is 3.27. The Morgan fingerprint density at radius 1 is 1.22 bits per heavy atom. The van der Waals surface area contributed by atoms with E-state index in [9.17, 15) is 0 Å². The molecule has 3 atom stereocenters. The highest BCUT2D eigenvalue weighted by atomic mass is 16.5. The molecule has 1 aromatic rings. The maximum atomic E-state index is 5.79. The van der Waals surface area contributed by atoms with E-state index in [1.54, 1.807) is 0 Å². The monoisotopic (exact) mass is 246 g/mol. The van der Waals surface area contributed by atoms with Crippen LogP contribution in [0.15, 0.2) is 24.3 Å². The SMILES string of the molecule is CC1CN(CC2CNc3ccccc32)CC(C)O1. The lowest BCUT2D eigenvalue weighted by Crippen LogP contribution is -2.46. The molecule has 2 aliphatic heterocycles. The van der Waals surface area contributed by atoms with Crippen molar-refractivity contribution in [1.29, 1.82) is 0 Å². The van der Waals surface area contributed by atoms with Gasteiger partial charge in [-0.15, -0.1) is 0 Å². The van der Waals surface area contributed by atoms with Gasteiger partial charge in [0.1, 0.15) is 0 Å². The number of benzene rings is 1. The maximum Gasteiger partial charge on any atom is 0.0678 e. The van der Waals surface area contributed by atoms with Crippen LogP contribution in [0.3, 0.4) is 0 Å². The van der Waals surface area contributed by atoms with E-state index in [1.165, 1.54) is 11.3 Å². The Bertz CT molecular complexity index is 411. The summed E-state index contributed by atoms with van der Waals surface area (Å²) >= 11 is 0. The summed E-state index contributed by atoms with van der Waals surface area (Å²) in [5.41, 5.74) is 2.79. The van der Waals surface area contributed by atoms with E-state index in [1.807, 2.05) is 0 Å². The Kier molecular flexibility index (Phi) is 3.27. The van der Waals surface area contributed by atoms with Crippen molar-refractivity contribution in [3.8, 4) is 0 Å². The molecule has 3 nitrogen and oxygen atoms in total. The van der Waals surface area contributed by atoms with Crippen LogP contribution in [0, 0.1) is 0 Å². The number of hydrogen-bond donors (Lipinski definition) is 1. The first kappa shape index (κ1) is 12.0. The predicted molar refractivity (Wildman–Crippen MR) is 74.1 cm³/mol. The van der Waals surface area contributed by atoms with Gasteiger partial charge in [0.05, 0.1) is 12.2 Å². The zero-order valence-electron chi connectivity index (χ0n) is 11.2. The third-order valence-corrected chi connectivity index (χ3v) is 3.91. The van der Waals surface area contributed by atoms with Crippen molar-refractivity contribution in [2.45, 2.75) is 32.0 Å². The number of fused-ring (bicyclic) bond motifs is 1. The average molecular weight is 246 g/mol. The van der Waals surface area contributed by atoms with Crippen molar-refractivity contribution in [1.82, 2.24) is 4.90 Å². The van der Waals surface area contributed by atoms with Gasteiger partial charge in [-0.05, 0) is 25.5 Å². The molecule has 2 aliphatic rings. The van der Waals surface area contributed by atoms with Gasteiger partial charge in [-0.1, -0.05) is 18.2 Å². The molecule has 18 heavy (non-hydrogen) atoms. The third-order valence-electron chi connectivity index (χ3n) is 3.91. The number of rotatable bonds is 2. The average Bonchev–Trinajstić information content (AvgIpc) is 2.72. The summed E-state index contributed by atoms with van der Waals surface area (Å²) in [6, 6.07) is 8.68. The van der Waals surface area contributed by atoms with Crippen molar-refractivity contribution in [2.75, 3.05) is 31.5 Å². The maximum absolute atomic E-state index is 5.79. The summed E-state index contributed by atoms with van der Waals surface area (Å²) in [4.78, 5) is 2.55. The van der Waals surface area contributed by atoms with Gasteiger partial charge in [0, 0.05) is 37.8 Å². The Balaban J connectivity index is 1.67. The molecule has 1 aromatic carbocycles. The Morgan fingerprint density at radius 3 is 2.72 bits per heavy atom. The lowest BCUT2D eigenvalue weighted by atomic mass is 10.00. The number of nitrogens with one attached hydrogen (secondary N) is 1. The second-order valence-electron chi connectivity index (χ2n) is 5.64. The van der Waals surface area contributed by atoms with Crippen LogP contribution in [0.4, 0.5) is 5.69 Å². The van der Waals surface area contributed by atoms with E-state index in [4.69, 9.17) is 4.74 Å². The van der Waals surface area contributed by atoms with Crippen molar-refractivity contribution in [3.05, 3.63) is 29.8 Å². The lowest BCUT2D eigenvalue weighted by Gasteiger charge is -2.36. The summed E-state index contributed by atoms with van der Waals surface area (Å²) in [7, 11) is 0. The molecule has 0 aliphatic carbocycles. The van der Waals surface area contributed by atoms with Gasteiger partial charge >= 0.3 is 0 Å². The largest absolute Gasteiger partial charge is 0.384 e. The number of hydrogen-bond acceptors (Lipinski definition) is 3. The second kappa shape index (κ2) is 4.90. The van der Waals surface area contributed by atoms with Gasteiger partial charge in [-0.3, -0.25) is 4.90 Å². The fraction of sp³-hybridized carbons (Fsp3) is 0.600. The number of morpholine rings is 1. The molecule has 98 valence electrons. The van der Waals surface area contributed by atoms with Gasteiger partial charge in [-0.25, -0.2) is 0 Å². The molecule has 0 spiro atoms. The minimum absolute atomic E-state index is 0.360. The second-order valence-corrected chi connectivity index (χ2v) is 5.64. The highest BCUT2D eigenvalue weighted by Gasteiger charge is 2.28. The van der Waals surface area contributed by atoms with Crippen LogP contribution >= 0.6 is 0 Å². The van der Waals surface area contributed by atoms with E-state index < -0.39 is 0 Å². The summed E-state index contributed by atoms with van der Waals surface area (Å²) < 4.78 is 5.79. The first-order chi connectivity index (χ1) is 8.72. The van der Waals surface area contributed by atoms with E-state index in [0.29, 0.717) is 18.1 Å². The van der Waals surface area contributed by atoms with Crippen LogP contribution in [0.1, 0.15) is 25.3 Å². The van der Waals surface area contributed by atoms with Gasteiger partial charge in [0.15, 0.2) is 0 Å². The molecule has 1 saturated heterocycles. The highest BCUT2D eigenvalue weighted by Crippen LogP contribution is 2.32. The topological polar surface area (TPSA) is 24.5 Å². The fourth-order valence-electron chi connectivity index (χ4n) is 3.27. The van der Waals surface area contributed by atoms with Crippen molar-refractivity contribution in [2.24, 2.45) is 0 Å². The summed E-state index contributed by atoms with van der Waals surface area (Å²) in [5.74, 6) is 0.624. The number of nitrogens with zero attached hydrogens (tertiary/aromatic N) is 1. The zero-order chi connectivity index (χ0) is 12.5. The quantitative estimate of drug-likeness (QED) is 0.866. The Labute approximate surface area is 109 Å². The number of para-hydroxylation sites is 1. The molecular weight excluding hydrogens is 224 g/mol. The van der Waals surface area contributed by atoms with Gasteiger partial charge in [0.2, 0.25) is 0 Å². The highest BCUT2D eigenvalue weighted by molar-refractivity contribution is 5.57. The number of ether oxygens (including phenoxy) is 1. The van der Waals surface area contributed by atoms with Gasteiger partial charge < -0.3 is 10.1 Å². The minimum atomic E-state index is 0.360. The van der Waals surface area contributed by atoms with E-state index in [-0.39, 0.29) is 0 Å². The van der Waals surface area contributed by atoms with Crippen LogP contribution in [-0.2, 0) is 4.74 Å². The molecule has 1 N–H and O–H groups in total. The smallest absolute Gasteiger partial charge is 0.0678 e. The summed E-state index contributed by atoms with van der Waals surface area (Å²) in [6.07, 6.45) is 0.719. The number of anilines is 1. The zero-order valence-corrected chi connectivity index (χ0v) is 11.2. The standard InChI is InChI=1S/C15H22N2O/c1-11-8-17(9-12(2)18-11)10-13-7-16-15-6-4-3-5-14(13)15/h3-6,11-13,16H,7-10H2,1-2H3. The summed E-state index contributed by atoms with van der Waals surface area (Å²) in [5, 5.41) is 3.50. The van der Waals surface area contributed by atoms with E-state index >= 15 is 0 Å². The molecule has 0 amide bonds. The first-order valence-corrected chi connectivity index (χ1v) is 6.93. The molecule has 0 radical (unpaired) electrons. The van der Waals surface area contributed by atoms with Gasteiger partial charge in [-0.2, -0.15) is 0 Å². The molecule has 0 saturated carbocycles. The van der Waals surface area contributed by atoms with E-state index in [2.05, 4.69) is 48.3 Å². The van der Waals surface area contributed by atoms with Crippen molar-refractivity contribution >= 4 is 5.69 Å². The van der Waals surface area contributed by atoms with Gasteiger partial charge in [0.25, 0.3) is 0 Å². The van der Waals surface area contributed by atoms with Crippen LogP contribution in [0.2, 0.25) is 0 Å². The molecule has 3 unspecified atom stereocenters. The normalized spacial score (nSPS) is 32.0. The Hall–Kier alpha value is -1.06. The van der Waals surface area contributed by atoms with Crippen LogP contribution < -0.4 is 5.32 Å². The molecule has 1 fully saturated rings. The Morgan fingerprint density at radius 2 is 1.94 bits per heavy atom. The lowest BCUT2D eigenvalue weighted by molar-refractivity contribution is -0.0689. The molecule has 3 heteroatoms. The van der Waals surface area contributed by atoms with Crippen molar-refractivity contribution < 1.29 is 4.74 Å². The molecular formula is C15H22N2O. The first-order valence-electron chi connectivity index (χ1n) is 6.93. The molecule has 0 aromatic heterocycles. The summed E-state index contributed by atoms with van der Waals surface area (Å²) in [6.45, 7) is 8.67. The molecule has 3 rings (SSSR count). The third kappa shape index (κ3) is 2.38. The molecule has 2 heterocycles. The van der Waals surface area contributed by atoms with Crippen LogP contribution in [0.25, 0.3) is 0 Å².